The van der Waals surface area contributed by atoms with Crippen molar-refractivity contribution in [2.24, 2.45) is 0 Å². The molecule has 0 amide bonds. The summed E-state index contributed by atoms with van der Waals surface area (Å²) in [6.45, 7) is 2.83. The number of aromatic hydroxyl groups is 1. The highest BCUT2D eigenvalue weighted by Gasteiger charge is 2.17. The first-order chi connectivity index (χ1) is 7.74. The molecule has 1 saturated heterocycles. The van der Waals surface area contributed by atoms with E-state index in [9.17, 15) is 5.11 Å². The Morgan fingerprint density at radius 2 is 2.44 bits per heavy atom. The van der Waals surface area contributed by atoms with E-state index in [2.05, 4.69) is 11.9 Å². The van der Waals surface area contributed by atoms with E-state index < -0.39 is 0 Å². The van der Waals surface area contributed by atoms with E-state index in [4.69, 9.17) is 4.74 Å². The molecule has 0 aliphatic carbocycles. The normalized spacial score (nSPS) is 22.2. The van der Waals surface area contributed by atoms with Crippen molar-refractivity contribution in [3.8, 4) is 5.75 Å². The smallest absolute Gasteiger partial charge is 0.116 e. The van der Waals surface area contributed by atoms with Crippen LogP contribution in [0.3, 0.4) is 0 Å². The van der Waals surface area contributed by atoms with E-state index >= 15 is 0 Å². The number of nitrogens with zero attached hydrogens (tertiary/aromatic N) is 1. The Morgan fingerprint density at radius 3 is 3.19 bits per heavy atom. The number of ether oxygens (including phenoxy) is 1. The van der Waals surface area contributed by atoms with Crippen molar-refractivity contribution in [2.45, 2.75) is 11.0 Å². The molecule has 0 bridgehead atoms. The lowest BCUT2D eigenvalue weighted by molar-refractivity contribution is -0.00598. The number of hydrogen-bond donors (Lipinski definition) is 1. The lowest BCUT2D eigenvalue weighted by atomic mass is 10.3. The van der Waals surface area contributed by atoms with Gasteiger partial charge in [0, 0.05) is 23.7 Å². The van der Waals surface area contributed by atoms with Crippen molar-refractivity contribution in [3.63, 3.8) is 0 Å². The van der Waals surface area contributed by atoms with Crippen molar-refractivity contribution in [1.29, 1.82) is 0 Å². The minimum Gasteiger partial charge on any atom is -0.508 e. The number of likely N-dealkylation sites (N-methyl/N-ethyl adjacent to an activating group) is 1. The number of hydrogen-bond acceptors (Lipinski definition) is 4. The molecule has 1 aliphatic heterocycles. The van der Waals surface area contributed by atoms with Crippen LogP contribution in [0.2, 0.25) is 0 Å². The van der Waals surface area contributed by atoms with Gasteiger partial charge in [0.15, 0.2) is 0 Å². The van der Waals surface area contributed by atoms with Gasteiger partial charge in [0.1, 0.15) is 5.75 Å². The predicted octanol–water partition coefficient (Wildman–Crippen LogP) is 1.81. The van der Waals surface area contributed by atoms with Gasteiger partial charge in [0.25, 0.3) is 0 Å². The van der Waals surface area contributed by atoms with Gasteiger partial charge < -0.3 is 14.7 Å². The topological polar surface area (TPSA) is 32.7 Å². The average molecular weight is 239 g/mol. The van der Waals surface area contributed by atoms with Crippen LogP contribution in [-0.2, 0) is 4.74 Å². The molecule has 0 aromatic heterocycles. The highest BCUT2D eigenvalue weighted by Crippen LogP contribution is 2.23. The zero-order valence-corrected chi connectivity index (χ0v) is 10.2. The Balaban J connectivity index is 1.82. The minimum absolute atomic E-state index is 0.297. The molecule has 1 fully saturated rings. The quantitative estimate of drug-likeness (QED) is 0.816. The zero-order chi connectivity index (χ0) is 11.4. The third kappa shape index (κ3) is 3.40. The van der Waals surface area contributed by atoms with Gasteiger partial charge in [-0.05, 0) is 25.2 Å². The Hall–Kier alpha value is -0.710. The third-order valence-electron chi connectivity index (χ3n) is 2.60. The van der Waals surface area contributed by atoms with Crippen LogP contribution >= 0.6 is 11.8 Å². The number of benzene rings is 1. The number of phenolic OH excluding ortho intramolecular Hbond substituents is 1. The average Bonchev–Trinajstić information content (AvgIpc) is 2.27. The molecule has 3 nitrogen and oxygen atoms in total. The molecule has 1 heterocycles. The van der Waals surface area contributed by atoms with Crippen LogP contribution in [0.5, 0.6) is 5.75 Å². The molecule has 0 radical (unpaired) electrons. The van der Waals surface area contributed by atoms with Gasteiger partial charge in [-0.15, -0.1) is 11.8 Å². The summed E-state index contributed by atoms with van der Waals surface area (Å²) in [5.41, 5.74) is 0. The van der Waals surface area contributed by atoms with Crippen molar-refractivity contribution >= 4 is 11.8 Å². The van der Waals surface area contributed by atoms with Crippen LogP contribution in [0.25, 0.3) is 0 Å². The third-order valence-corrected chi connectivity index (χ3v) is 3.72. The molecular formula is C12H17NO2S. The second-order valence-electron chi connectivity index (χ2n) is 4.06. The van der Waals surface area contributed by atoms with Crippen LogP contribution in [0.1, 0.15) is 0 Å². The van der Waals surface area contributed by atoms with Crippen LogP contribution in [-0.4, -0.2) is 48.6 Å². The molecule has 16 heavy (non-hydrogen) atoms. The fraction of sp³-hybridized carbons (Fsp3) is 0.500. The molecule has 0 saturated carbocycles. The van der Waals surface area contributed by atoms with Gasteiger partial charge in [-0.1, -0.05) is 6.07 Å². The fourth-order valence-electron chi connectivity index (χ4n) is 1.73. The molecule has 0 spiro atoms. The molecule has 88 valence electrons. The molecule has 1 aliphatic rings. The van der Waals surface area contributed by atoms with Gasteiger partial charge >= 0.3 is 0 Å². The highest BCUT2D eigenvalue weighted by atomic mass is 32.2. The second-order valence-corrected chi connectivity index (χ2v) is 5.16. The lowest BCUT2D eigenvalue weighted by Crippen LogP contribution is -2.41. The van der Waals surface area contributed by atoms with Crippen molar-refractivity contribution in [2.75, 3.05) is 32.5 Å². The molecule has 1 aromatic rings. The summed E-state index contributed by atoms with van der Waals surface area (Å²) in [6, 6.07) is 7.36. The maximum Gasteiger partial charge on any atom is 0.116 e. The Kier molecular flexibility index (Phi) is 4.09. The van der Waals surface area contributed by atoms with Crippen LogP contribution in [0.4, 0.5) is 0 Å². The molecule has 1 N–H and O–H groups in total. The number of thioether (sulfide) groups is 1. The first-order valence-electron chi connectivity index (χ1n) is 5.46. The van der Waals surface area contributed by atoms with Crippen LogP contribution in [0.15, 0.2) is 29.2 Å². The summed E-state index contributed by atoms with van der Waals surface area (Å²) < 4.78 is 5.68. The van der Waals surface area contributed by atoms with Crippen molar-refractivity contribution < 1.29 is 9.84 Å². The number of phenols is 1. The Labute approximate surface area is 100 Å². The van der Waals surface area contributed by atoms with E-state index in [1.165, 1.54) is 0 Å². The first kappa shape index (κ1) is 11.8. The Morgan fingerprint density at radius 1 is 1.56 bits per heavy atom. The molecule has 1 aromatic carbocycles. The Bertz CT molecular complexity index is 346. The van der Waals surface area contributed by atoms with E-state index in [0.717, 1.165) is 30.3 Å². The summed E-state index contributed by atoms with van der Waals surface area (Å²) in [4.78, 5) is 3.38. The highest BCUT2D eigenvalue weighted by molar-refractivity contribution is 7.99. The van der Waals surface area contributed by atoms with Crippen LogP contribution < -0.4 is 0 Å². The number of morpholine rings is 1. The summed E-state index contributed by atoms with van der Waals surface area (Å²) in [5.74, 6) is 1.26. The van der Waals surface area contributed by atoms with Crippen molar-refractivity contribution in [3.05, 3.63) is 24.3 Å². The lowest BCUT2D eigenvalue weighted by Gasteiger charge is -2.29. The van der Waals surface area contributed by atoms with Gasteiger partial charge in [-0.25, -0.2) is 0 Å². The van der Waals surface area contributed by atoms with E-state index in [1.54, 1.807) is 23.9 Å². The molecule has 2 rings (SSSR count). The first-order valence-corrected chi connectivity index (χ1v) is 6.44. The van der Waals surface area contributed by atoms with E-state index in [0.29, 0.717) is 11.9 Å². The van der Waals surface area contributed by atoms with E-state index in [1.807, 2.05) is 12.1 Å². The van der Waals surface area contributed by atoms with Crippen molar-refractivity contribution in [1.82, 2.24) is 4.90 Å². The summed E-state index contributed by atoms with van der Waals surface area (Å²) in [6.07, 6.45) is 0.297. The predicted molar refractivity (Wildman–Crippen MR) is 66.1 cm³/mol. The fourth-order valence-corrected chi connectivity index (χ4v) is 2.69. The molecular weight excluding hydrogens is 222 g/mol. The summed E-state index contributed by atoms with van der Waals surface area (Å²) in [5, 5.41) is 9.34. The zero-order valence-electron chi connectivity index (χ0n) is 9.43. The van der Waals surface area contributed by atoms with Gasteiger partial charge in [0.05, 0.1) is 12.7 Å². The monoisotopic (exact) mass is 239 g/mol. The maximum atomic E-state index is 9.34. The largest absolute Gasteiger partial charge is 0.508 e. The number of rotatable bonds is 3. The standard InChI is InChI=1S/C12H17NO2S/c1-13-5-6-15-11(8-13)9-16-12-4-2-3-10(14)7-12/h2-4,7,11,14H,5-6,8-9H2,1H3. The van der Waals surface area contributed by atoms with Gasteiger partial charge in [-0.3, -0.25) is 0 Å². The van der Waals surface area contributed by atoms with Gasteiger partial charge in [0.2, 0.25) is 0 Å². The summed E-state index contributed by atoms with van der Waals surface area (Å²) >= 11 is 1.73. The molecule has 1 atom stereocenters. The SMILES string of the molecule is CN1CCOC(CSc2cccc(O)c2)C1. The second kappa shape index (κ2) is 5.57. The van der Waals surface area contributed by atoms with Gasteiger partial charge in [-0.2, -0.15) is 0 Å². The summed E-state index contributed by atoms with van der Waals surface area (Å²) in [7, 11) is 2.12. The maximum absolute atomic E-state index is 9.34. The molecule has 4 heteroatoms. The molecule has 1 unspecified atom stereocenters. The minimum atomic E-state index is 0.297. The van der Waals surface area contributed by atoms with E-state index in [-0.39, 0.29) is 0 Å². The van der Waals surface area contributed by atoms with Crippen LogP contribution in [0, 0.1) is 0 Å².